The van der Waals surface area contributed by atoms with Crippen LogP contribution in [0.15, 0.2) is 23.8 Å². The Morgan fingerprint density at radius 3 is 2.73 bits per heavy atom. The molecular formula is C12H14ClFO. The van der Waals surface area contributed by atoms with Crippen LogP contribution in [-0.4, -0.2) is 13.0 Å². The summed E-state index contributed by atoms with van der Waals surface area (Å²) in [5.74, 6) is 0.386. The lowest BCUT2D eigenvalue weighted by Crippen LogP contribution is -1.89. The van der Waals surface area contributed by atoms with Crippen molar-refractivity contribution in [3.05, 3.63) is 35.2 Å². The fourth-order valence-corrected chi connectivity index (χ4v) is 1.51. The van der Waals surface area contributed by atoms with E-state index in [-0.39, 0.29) is 11.6 Å². The van der Waals surface area contributed by atoms with Gasteiger partial charge in [0, 0.05) is 5.88 Å². The van der Waals surface area contributed by atoms with Gasteiger partial charge in [0.05, 0.1) is 7.11 Å². The molecule has 1 nitrogen and oxygen atoms in total. The van der Waals surface area contributed by atoms with Crippen molar-refractivity contribution in [3.8, 4) is 5.75 Å². The van der Waals surface area contributed by atoms with Crippen LogP contribution >= 0.6 is 11.6 Å². The van der Waals surface area contributed by atoms with Gasteiger partial charge in [-0.2, -0.15) is 0 Å². The molecule has 0 spiro atoms. The summed E-state index contributed by atoms with van der Waals surface area (Å²) in [7, 11) is 1.45. The molecule has 15 heavy (non-hydrogen) atoms. The Hall–Kier alpha value is -1.02. The lowest BCUT2D eigenvalue weighted by molar-refractivity contribution is 0.386. The average Bonchev–Trinajstić information content (AvgIpc) is 2.26. The topological polar surface area (TPSA) is 9.23 Å². The Morgan fingerprint density at radius 2 is 2.27 bits per heavy atom. The summed E-state index contributed by atoms with van der Waals surface area (Å²) in [5.41, 5.74) is 1.90. The molecular weight excluding hydrogens is 215 g/mol. The molecule has 0 saturated carbocycles. The maximum atomic E-state index is 13.3. The number of rotatable bonds is 4. The van der Waals surface area contributed by atoms with E-state index in [2.05, 4.69) is 0 Å². The predicted molar refractivity (Wildman–Crippen MR) is 61.9 cm³/mol. The third kappa shape index (κ3) is 3.24. The highest BCUT2D eigenvalue weighted by atomic mass is 35.5. The fourth-order valence-electron chi connectivity index (χ4n) is 1.24. The summed E-state index contributed by atoms with van der Waals surface area (Å²) in [6.45, 7) is 2.02. The zero-order valence-electron chi connectivity index (χ0n) is 8.89. The number of alkyl halides is 1. The first-order valence-corrected chi connectivity index (χ1v) is 5.33. The SMILES string of the molecule is CCC(=Cc1ccc(OC)c(F)c1)CCl. The molecule has 3 heteroatoms. The Bertz CT molecular complexity index is 355. The van der Waals surface area contributed by atoms with E-state index in [0.717, 1.165) is 17.6 Å². The molecule has 0 atom stereocenters. The van der Waals surface area contributed by atoms with E-state index in [1.54, 1.807) is 6.07 Å². The van der Waals surface area contributed by atoms with Gasteiger partial charge in [0.2, 0.25) is 0 Å². The molecule has 1 aromatic rings. The Labute approximate surface area is 94.5 Å². The molecule has 0 aromatic heterocycles. The van der Waals surface area contributed by atoms with E-state index in [9.17, 15) is 4.39 Å². The van der Waals surface area contributed by atoms with Crippen molar-refractivity contribution in [2.75, 3.05) is 13.0 Å². The van der Waals surface area contributed by atoms with Gasteiger partial charge in [-0.05, 0) is 24.1 Å². The molecule has 0 radical (unpaired) electrons. The van der Waals surface area contributed by atoms with E-state index in [1.165, 1.54) is 13.2 Å². The van der Waals surface area contributed by atoms with Crippen LogP contribution < -0.4 is 4.74 Å². The second-order valence-electron chi connectivity index (χ2n) is 3.18. The van der Waals surface area contributed by atoms with E-state index >= 15 is 0 Å². The molecule has 82 valence electrons. The van der Waals surface area contributed by atoms with Gasteiger partial charge in [0.15, 0.2) is 11.6 Å². The van der Waals surface area contributed by atoms with Crippen molar-refractivity contribution in [2.24, 2.45) is 0 Å². The molecule has 1 aromatic carbocycles. The lowest BCUT2D eigenvalue weighted by atomic mass is 10.1. The van der Waals surface area contributed by atoms with E-state index < -0.39 is 0 Å². The smallest absolute Gasteiger partial charge is 0.165 e. The molecule has 0 saturated heterocycles. The highest BCUT2D eigenvalue weighted by Gasteiger charge is 2.02. The first-order chi connectivity index (χ1) is 7.21. The molecule has 0 unspecified atom stereocenters. The maximum Gasteiger partial charge on any atom is 0.165 e. The number of hydrogen-bond donors (Lipinski definition) is 0. The van der Waals surface area contributed by atoms with Gasteiger partial charge in [-0.25, -0.2) is 4.39 Å². The molecule has 1 rings (SSSR count). The minimum absolute atomic E-state index is 0.260. The molecule has 0 heterocycles. The van der Waals surface area contributed by atoms with Crippen molar-refractivity contribution in [1.82, 2.24) is 0 Å². The Kier molecular flexibility index (Phi) is 4.63. The molecule has 0 aliphatic heterocycles. The van der Waals surface area contributed by atoms with Gasteiger partial charge >= 0.3 is 0 Å². The van der Waals surface area contributed by atoms with Crippen LogP contribution in [0, 0.1) is 5.82 Å². The summed E-state index contributed by atoms with van der Waals surface area (Å²) < 4.78 is 18.2. The average molecular weight is 229 g/mol. The van der Waals surface area contributed by atoms with Crippen LogP contribution in [-0.2, 0) is 0 Å². The lowest BCUT2D eigenvalue weighted by Gasteiger charge is -2.03. The second-order valence-corrected chi connectivity index (χ2v) is 3.45. The van der Waals surface area contributed by atoms with Crippen molar-refractivity contribution in [1.29, 1.82) is 0 Å². The third-order valence-electron chi connectivity index (χ3n) is 2.17. The third-order valence-corrected chi connectivity index (χ3v) is 2.52. The summed E-state index contributed by atoms with van der Waals surface area (Å²) in [5, 5.41) is 0. The number of ether oxygens (including phenoxy) is 1. The predicted octanol–water partition coefficient (Wildman–Crippen LogP) is 3.87. The minimum atomic E-state index is -0.351. The van der Waals surface area contributed by atoms with Crippen molar-refractivity contribution < 1.29 is 9.13 Å². The van der Waals surface area contributed by atoms with Crippen molar-refractivity contribution >= 4 is 17.7 Å². The summed E-state index contributed by atoms with van der Waals surface area (Å²) in [4.78, 5) is 0. The first kappa shape index (κ1) is 12.1. The Morgan fingerprint density at radius 1 is 1.53 bits per heavy atom. The highest BCUT2D eigenvalue weighted by molar-refractivity contribution is 6.19. The van der Waals surface area contributed by atoms with Crippen LogP contribution in [0.5, 0.6) is 5.75 Å². The second kappa shape index (κ2) is 5.76. The van der Waals surface area contributed by atoms with Gasteiger partial charge in [0.25, 0.3) is 0 Å². The zero-order valence-corrected chi connectivity index (χ0v) is 9.64. The fraction of sp³-hybridized carbons (Fsp3) is 0.333. The largest absolute Gasteiger partial charge is 0.494 e. The van der Waals surface area contributed by atoms with Gasteiger partial charge < -0.3 is 4.74 Å². The number of halogens is 2. The molecule has 0 amide bonds. The summed E-state index contributed by atoms with van der Waals surface area (Å²) in [6.07, 6.45) is 2.77. The number of methoxy groups -OCH3 is 1. The molecule has 0 bridgehead atoms. The van der Waals surface area contributed by atoms with E-state index in [1.807, 2.05) is 19.1 Å². The first-order valence-electron chi connectivity index (χ1n) is 4.80. The van der Waals surface area contributed by atoms with Crippen LogP contribution in [0.1, 0.15) is 18.9 Å². The highest BCUT2D eigenvalue weighted by Crippen LogP contribution is 2.20. The van der Waals surface area contributed by atoms with Crippen molar-refractivity contribution in [2.45, 2.75) is 13.3 Å². The van der Waals surface area contributed by atoms with E-state index in [0.29, 0.717) is 5.88 Å². The number of benzene rings is 1. The molecule has 0 fully saturated rings. The monoisotopic (exact) mass is 228 g/mol. The number of allylic oxidation sites excluding steroid dienone is 1. The van der Waals surface area contributed by atoms with Crippen LogP contribution in [0.2, 0.25) is 0 Å². The Balaban J connectivity index is 2.97. The van der Waals surface area contributed by atoms with Gasteiger partial charge in [-0.15, -0.1) is 11.6 Å². The van der Waals surface area contributed by atoms with Gasteiger partial charge in [0.1, 0.15) is 0 Å². The molecule has 0 N–H and O–H groups in total. The zero-order chi connectivity index (χ0) is 11.3. The summed E-state index contributed by atoms with van der Waals surface area (Å²) >= 11 is 5.73. The van der Waals surface area contributed by atoms with Crippen LogP contribution in [0.25, 0.3) is 6.08 Å². The van der Waals surface area contributed by atoms with Gasteiger partial charge in [-0.3, -0.25) is 0 Å². The molecule has 0 aliphatic carbocycles. The maximum absolute atomic E-state index is 13.3. The minimum Gasteiger partial charge on any atom is -0.494 e. The van der Waals surface area contributed by atoms with Crippen LogP contribution in [0.3, 0.4) is 0 Å². The van der Waals surface area contributed by atoms with Crippen molar-refractivity contribution in [3.63, 3.8) is 0 Å². The molecule has 0 aliphatic rings. The van der Waals surface area contributed by atoms with Crippen LogP contribution in [0.4, 0.5) is 4.39 Å². The normalized spacial score (nSPS) is 11.6. The summed E-state index contributed by atoms with van der Waals surface area (Å²) in [6, 6.07) is 4.87. The standard InChI is InChI=1S/C12H14ClFO/c1-3-9(8-13)6-10-4-5-12(15-2)11(14)7-10/h4-7H,3,8H2,1-2H3. The quantitative estimate of drug-likeness (QED) is 0.711. The van der Waals surface area contributed by atoms with E-state index in [4.69, 9.17) is 16.3 Å². The van der Waals surface area contributed by atoms with Gasteiger partial charge in [-0.1, -0.05) is 24.6 Å². The number of hydrogen-bond acceptors (Lipinski definition) is 1.